The lowest BCUT2D eigenvalue weighted by atomic mass is 10.1. The summed E-state index contributed by atoms with van der Waals surface area (Å²) in [5.41, 5.74) is -1.88. The second-order valence-electron chi connectivity index (χ2n) is 4.21. The van der Waals surface area contributed by atoms with Gasteiger partial charge in [-0.3, -0.25) is 4.79 Å². The van der Waals surface area contributed by atoms with Crippen LogP contribution in [0, 0.1) is 5.82 Å². The van der Waals surface area contributed by atoms with Gasteiger partial charge in [-0.25, -0.2) is 4.39 Å². The van der Waals surface area contributed by atoms with E-state index in [1.807, 2.05) is 0 Å². The van der Waals surface area contributed by atoms with E-state index < -0.39 is 29.1 Å². The molecule has 0 aliphatic heterocycles. The van der Waals surface area contributed by atoms with E-state index in [1.165, 1.54) is 7.05 Å². The number of benzene rings is 1. The van der Waals surface area contributed by atoms with E-state index in [9.17, 15) is 22.4 Å². The Morgan fingerprint density at radius 3 is 2.64 bits per heavy atom. The third-order valence-corrected chi connectivity index (χ3v) is 3.71. The molecule has 2 aromatic rings. The number of halogens is 4. The number of alkyl halides is 3. The lowest BCUT2D eigenvalue weighted by molar-refractivity contribution is -0.137. The van der Waals surface area contributed by atoms with Gasteiger partial charge < -0.3 is 9.67 Å². The van der Waals surface area contributed by atoms with Crippen LogP contribution in [0.5, 0.6) is 0 Å². The molecular formula is C12H9F4N3O2S. The number of carboxylic acids is 1. The van der Waals surface area contributed by atoms with Gasteiger partial charge in [0, 0.05) is 7.05 Å². The van der Waals surface area contributed by atoms with Crippen molar-refractivity contribution in [1.82, 2.24) is 14.8 Å². The summed E-state index contributed by atoms with van der Waals surface area (Å²) >= 11 is 0.776. The van der Waals surface area contributed by atoms with Gasteiger partial charge >= 0.3 is 12.1 Å². The van der Waals surface area contributed by atoms with Crippen molar-refractivity contribution >= 4 is 17.7 Å². The average molecular weight is 335 g/mol. The topological polar surface area (TPSA) is 68.0 Å². The van der Waals surface area contributed by atoms with E-state index in [1.54, 1.807) is 0 Å². The molecule has 0 atom stereocenters. The highest BCUT2D eigenvalue weighted by atomic mass is 32.2. The van der Waals surface area contributed by atoms with E-state index >= 15 is 0 Å². The van der Waals surface area contributed by atoms with Gasteiger partial charge in [-0.1, -0.05) is 17.8 Å². The first kappa shape index (κ1) is 16.3. The summed E-state index contributed by atoms with van der Waals surface area (Å²) in [7, 11) is 1.34. The lowest BCUT2D eigenvalue weighted by Crippen LogP contribution is -2.10. The van der Waals surface area contributed by atoms with Crippen molar-refractivity contribution in [2.24, 2.45) is 7.05 Å². The van der Waals surface area contributed by atoms with Crippen LogP contribution in [0.3, 0.4) is 0 Å². The highest BCUT2D eigenvalue weighted by Crippen LogP contribution is 2.38. The molecule has 0 aliphatic rings. The number of aromatic nitrogens is 3. The molecule has 0 bridgehead atoms. The molecule has 118 valence electrons. The number of nitrogens with zero attached hydrogens (tertiary/aromatic N) is 3. The third kappa shape index (κ3) is 3.21. The van der Waals surface area contributed by atoms with Gasteiger partial charge in [0.05, 0.1) is 16.9 Å². The minimum absolute atomic E-state index is 0.0776. The van der Waals surface area contributed by atoms with Gasteiger partial charge in [0.1, 0.15) is 5.82 Å². The molecule has 0 radical (unpaired) electrons. The fourth-order valence-electron chi connectivity index (χ4n) is 1.77. The van der Waals surface area contributed by atoms with Gasteiger partial charge in [-0.2, -0.15) is 13.2 Å². The first-order valence-electron chi connectivity index (χ1n) is 5.82. The standard InChI is InChI=1S/C12H9F4N3O2S/c1-19-10(17-18-11(19)22-5-8(20)21)9-6(12(14,15)16)3-2-4-7(9)13/h2-4H,5H2,1H3,(H,20,21). The summed E-state index contributed by atoms with van der Waals surface area (Å²) in [6.07, 6.45) is -4.75. The summed E-state index contributed by atoms with van der Waals surface area (Å²) in [5, 5.41) is 15.8. The molecule has 0 saturated heterocycles. The Kier molecular flexibility index (Phi) is 4.40. The predicted molar refractivity (Wildman–Crippen MR) is 69.8 cm³/mol. The average Bonchev–Trinajstić information content (AvgIpc) is 2.76. The summed E-state index contributed by atoms with van der Waals surface area (Å²) in [4.78, 5) is 10.5. The van der Waals surface area contributed by atoms with Crippen LogP contribution < -0.4 is 0 Å². The SMILES string of the molecule is Cn1c(SCC(=O)O)nnc1-c1c(F)cccc1C(F)(F)F. The molecule has 1 heterocycles. The highest BCUT2D eigenvalue weighted by molar-refractivity contribution is 7.99. The molecule has 5 nitrogen and oxygen atoms in total. The maximum atomic E-state index is 13.9. The fourth-order valence-corrected chi connectivity index (χ4v) is 2.40. The summed E-state index contributed by atoms with van der Waals surface area (Å²) in [6, 6.07) is 2.60. The maximum Gasteiger partial charge on any atom is 0.417 e. The van der Waals surface area contributed by atoms with Crippen LogP contribution in [0.1, 0.15) is 5.56 Å². The molecule has 0 fully saturated rings. The molecule has 0 saturated carbocycles. The summed E-state index contributed by atoms with van der Waals surface area (Å²) in [5.74, 6) is -2.86. The molecule has 0 unspecified atom stereocenters. The van der Waals surface area contributed by atoms with Gasteiger partial charge in [-0.05, 0) is 12.1 Å². The van der Waals surface area contributed by atoms with Crippen LogP contribution in [-0.2, 0) is 18.0 Å². The molecular weight excluding hydrogens is 326 g/mol. The van der Waals surface area contributed by atoms with Gasteiger partial charge in [0.25, 0.3) is 0 Å². The Hall–Kier alpha value is -2.10. The number of rotatable bonds is 4. The van der Waals surface area contributed by atoms with E-state index in [-0.39, 0.29) is 16.7 Å². The zero-order chi connectivity index (χ0) is 16.5. The molecule has 10 heteroatoms. The van der Waals surface area contributed by atoms with Crippen molar-refractivity contribution in [1.29, 1.82) is 0 Å². The largest absolute Gasteiger partial charge is 0.481 e. The van der Waals surface area contributed by atoms with Crippen LogP contribution in [0.2, 0.25) is 0 Å². The summed E-state index contributed by atoms with van der Waals surface area (Å²) in [6.45, 7) is 0. The number of carboxylic acid groups (broad SMARTS) is 1. The predicted octanol–water partition coefficient (Wildman–Crippen LogP) is 2.82. The third-order valence-electron chi connectivity index (χ3n) is 2.70. The Bertz CT molecular complexity index is 715. The number of hydrogen-bond donors (Lipinski definition) is 1. The molecule has 2 rings (SSSR count). The zero-order valence-corrected chi connectivity index (χ0v) is 11.9. The lowest BCUT2D eigenvalue weighted by Gasteiger charge is -2.13. The van der Waals surface area contributed by atoms with Gasteiger partial charge in [-0.15, -0.1) is 10.2 Å². The van der Waals surface area contributed by atoms with Crippen molar-refractivity contribution < 1.29 is 27.5 Å². The molecule has 1 aromatic carbocycles. The van der Waals surface area contributed by atoms with E-state index in [0.29, 0.717) is 0 Å². The number of thioether (sulfide) groups is 1. The maximum absolute atomic E-state index is 13.9. The smallest absolute Gasteiger partial charge is 0.417 e. The van der Waals surface area contributed by atoms with Crippen molar-refractivity contribution in [3.8, 4) is 11.4 Å². The number of hydrogen-bond acceptors (Lipinski definition) is 4. The monoisotopic (exact) mass is 335 g/mol. The molecule has 22 heavy (non-hydrogen) atoms. The normalized spacial score (nSPS) is 11.7. The van der Waals surface area contributed by atoms with Crippen LogP contribution >= 0.6 is 11.8 Å². The Labute approximate surface area is 126 Å². The van der Waals surface area contributed by atoms with Crippen LogP contribution in [-0.4, -0.2) is 31.6 Å². The van der Waals surface area contributed by atoms with Crippen LogP contribution in [0.25, 0.3) is 11.4 Å². The minimum atomic E-state index is -4.75. The second kappa shape index (κ2) is 5.95. The van der Waals surface area contributed by atoms with Crippen molar-refractivity contribution in [3.05, 3.63) is 29.6 Å². The van der Waals surface area contributed by atoms with E-state index in [2.05, 4.69) is 10.2 Å². The minimum Gasteiger partial charge on any atom is -0.481 e. The molecule has 1 aromatic heterocycles. The van der Waals surface area contributed by atoms with Gasteiger partial charge in [0.15, 0.2) is 11.0 Å². The van der Waals surface area contributed by atoms with E-state index in [0.717, 1.165) is 34.5 Å². The Morgan fingerprint density at radius 1 is 1.36 bits per heavy atom. The van der Waals surface area contributed by atoms with Crippen molar-refractivity contribution in [3.63, 3.8) is 0 Å². The van der Waals surface area contributed by atoms with Crippen molar-refractivity contribution in [2.75, 3.05) is 5.75 Å². The quantitative estimate of drug-likeness (QED) is 0.687. The Morgan fingerprint density at radius 2 is 2.05 bits per heavy atom. The second-order valence-corrected chi connectivity index (χ2v) is 5.15. The molecule has 0 amide bonds. The number of aliphatic carboxylic acids is 1. The summed E-state index contributed by atoms with van der Waals surface area (Å²) < 4.78 is 54.0. The van der Waals surface area contributed by atoms with Crippen LogP contribution in [0.15, 0.2) is 23.4 Å². The highest BCUT2D eigenvalue weighted by Gasteiger charge is 2.36. The number of carbonyl (C=O) groups is 1. The molecule has 0 aliphatic carbocycles. The first-order chi connectivity index (χ1) is 10.2. The first-order valence-corrected chi connectivity index (χ1v) is 6.80. The van der Waals surface area contributed by atoms with Gasteiger partial charge in [0.2, 0.25) is 0 Å². The zero-order valence-electron chi connectivity index (χ0n) is 11.1. The molecule has 1 N–H and O–H groups in total. The fraction of sp³-hybridized carbons (Fsp3) is 0.250. The van der Waals surface area contributed by atoms with Crippen LogP contribution in [0.4, 0.5) is 17.6 Å². The molecule has 0 spiro atoms. The Balaban J connectivity index is 2.52. The van der Waals surface area contributed by atoms with Crippen molar-refractivity contribution in [2.45, 2.75) is 11.3 Å². The van der Waals surface area contributed by atoms with E-state index in [4.69, 9.17) is 5.11 Å².